The average Bonchev–Trinajstić information content (AvgIpc) is 2.54. The highest BCUT2D eigenvalue weighted by Crippen LogP contribution is 2.36. The van der Waals surface area contributed by atoms with Gasteiger partial charge in [0.25, 0.3) is 0 Å². The van der Waals surface area contributed by atoms with Crippen LogP contribution in [0.1, 0.15) is 40.5 Å². The van der Waals surface area contributed by atoms with E-state index in [9.17, 15) is 9.59 Å². The summed E-state index contributed by atoms with van der Waals surface area (Å²) in [5.41, 5.74) is 0.593. The number of fused-ring (bicyclic) bond motifs is 1. The molecule has 22 heavy (non-hydrogen) atoms. The van der Waals surface area contributed by atoms with Crippen molar-refractivity contribution in [1.29, 1.82) is 0 Å². The molecule has 6 heteroatoms. The number of hydrogen-bond acceptors (Lipinski definition) is 6. The van der Waals surface area contributed by atoms with Crippen LogP contribution in [0.15, 0.2) is 28.9 Å². The van der Waals surface area contributed by atoms with Crippen LogP contribution in [0.25, 0.3) is 0 Å². The molecule has 1 aromatic carbocycles. The standard InChI is InChI=1S/C16H17NO5/c1-4-5-10(17-20)9-8-11(18)14-12(21-2)6-7-13(22-3)15(14)16(9)19/h6-8,20H,4-5H2,1-3H3. The van der Waals surface area contributed by atoms with Crippen LogP contribution in [0, 0.1) is 0 Å². The fraction of sp³-hybridized carbons (Fsp3) is 0.312. The van der Waals surface area contributed by atoms with Gasteiger partial charge in [0, 0.05) is 0 Å². The van der Waals surface area contributed by atoms with E-state index < -0.39 is 5.78 Å². The first-order valence-electron chi connectivity index (χ1n) is 6.86. The lowest BCUT2D eigenvalue weighted by atomic mass is 9.85. The first-order valence-corrected chi connectivity index (χ1v) is 6.86. The summed E-state index contributed by atoms with van der Waals surface area (Å²) < 4.78 is 10.4. The Morgan fingerprint density at radius 3 is 2.23 bits per heavy atom. The smallest absolute Gasteiger partial charge is 0.199 e. The number of hydrogen-bond donors (Lipinski definition) is 1. The molecule has 0 atom stereocenters. The number of oxime groups is 1. The van der Waals surface area contributed by atoms with Crippen LogP contribution in [-0.2, 0) is 0 Å². The van der Waals surface area contributed by atoms with Crippen LogP contribution in [0.3, 0.4) is 0 Å². The van der Waals surface area contributed by atoms with Crippen LogP contribution in [0.2, 0.25) is 0 Å². The zero-order valence-electron chi connectivity index (χ0n) is 12.7. The number of allylic oxidation sites excluding steroid dienone is 2. The van der Waals surface area contributed by atoms with E-state index in [1.807, 2.05) is 6.92 Å². The van der Waals surface area contributed by atoms with E-state index >= 15 is 0 Å². The number of ether oxygens (including phenoxy) is 2. The molecule has 0 amide bonds. The minimum Gasteiger partial charge on any atom is -0.496 e. The second-order valence-corrected chi connectivity index (χ2v) is 4.77. The molecule has 0 fully saturated rings. The fourth-order valence-electron chi connectivity index (χ4n) is 2.47. The summed E-state index contributed by atoms with van der Waals surface area (Å²) in [6.07, 6.45) is 2.26. The zero-order chi connectivity index (χ0) is 16.3. The Labute approximate surface area is 128 Å². The van der Waals surface area contributed by atoms with Crippen molar-refractivity contribution >= 4 is 17.3 Å². The first-order chi connectivity index (χ1) is 10.6. The highest BCUT2D eigenvalue weighted by Gasteiger charge is 2.33. The maximum atomic E-state index is 12.7. The van der Waals surface area contributed by atoms with Crippen LogP contribution < -0.4 is 9.47 Å². The number of carbonyl (C=O) groups is 2. The van der Waals surface area contributed by atoms with Gasteiger partial charge in [-0.05, 0) is 24.6 Å². The molecule has 1 aromatic rings. The molecule has 0 aromatic heterocycles. The zero-order valence-corrected chi connectivity index (χ0v) is 12.7. The lowest BCUT2D eigenvalue weighted by molar-refractivity contribution is 0.0983. The molecule has 0 aliphatic heterocycles. The van der Waals surface area contributed by atoms with E-state index in [0.717, 1.165) is 0 Å². The molecule has 116 valence electrons. The molecule has 0 bridgehead atoms. The van der Waals surface area contributed by atoms with E-state index in [4.69, 9.17) is 14.7 Å². The maximum Gasteiger partial charge on any atom is 0.199 e. The minimum atomic E-state index is -0.411. The molecule has 0 saturated heterocycles. The van der Waals surface area contributed by atoms with Crippen molar-refractivity contribution < 1.29 is 24.3 Å². The largest absolute Gasteiger partial charge is 0.496 e. The van der Waals surface area contributed by atoms with Crippen molar-refractivity contribution in [2.45, 2.75) is 19.8 Å². The fourth-order valence-corrected chi connectivity index (χ4v) is 2.47. The molecule has 1 N–H and O–H groups in total. The van der Waals surface area contributed by atoms with Crippen LogP contribution in [0.5, 0.6) is 11.5 Å². The number of nitrogens with zero attached hydrogens (tertiary/aromatic N) is 1. The molecular weight excluding hydrogens is 286 g/mol. The third-order valence-corrected chi connectivity index (χ3v) is 3.48. The summed E-state index contributed by atoms with van der Waals surface area (Å²) in [5, 5.41) is 12.3. The van der Waals surface area contributed by atoms with Crippen molar-refractivity contribution in [3.05, 3.63) is 34.9 Å². The highest BCUT2D eigenvalue weighted by atomic mass is 16.5. The summed E-state index contributed by atoms with van der Waals surface area (Å²) in [6.45, 7) is 1.89. The Bertz CT molecular complexity index is 688. The number of ketones is 2. The van der Waals surface area contributed by atoms with Gasteiger partial charge < -0.3 is 14.7 Å². The highest BCUT2D eigenvalue weighted by molar-refractivity contribution is 6.37. The van der Waals surface area contributed by atoms with Crippen molar-refractivity contribution in [3.8, 4) is 11.5 Å². The van der Waals surface area contributed by atoms with Gasteiger partial charge in [0.2, 0.25) is 0 Å². The number of rotatable bonds is 5. The average molecular weight is 303 g/mol. The Morgan fingerprint density at radius 2 is 1.73 bits per heavy atom. The molecule has 0 saturated carbocycles. The van der Waals surface area contributed by atoms with Gasteiger partial charge in [-0.3, -0.25) is 9.59 Å². The molecule has 1 aliphatic rings. The SMILES string of the molecule is CCCC(=NO)C1=CC(=O)c2c(OC)ccc(OC)c2C1=O. The molecule has 0 unspecified atom stereocenters. The van der Waals surface area contributed by atoms with Gasteiger partial charge in [-0.15, -0.1) is 0 Å². The first kappa shape index (κ1) is 15.8. The van der Waals surface area contributed by atoms with Crippen LogP contribution in [0.4, 0.5) is 0 Å². The summed E-state index contributed by atoms with van der Waals surface area (Å²) in [6, 6.07) is 3.15. The van der Waals surface area contributed by atoms with Crippen LogP contribution >= 0.6 is 0 Å². The summed E-state index contributed by atoms with van der Waals surface area (Å²) in [4.78, 5) is 25.2. The van der Waals surface area contributed by atoms with Gasteiger partial charge in [-0.25, -0.2) is 0 Å². The number of Topliss-reactive ketones (excluding diaryl/α,β-unsaturated/α-hetero) is 1. The van der Waals surface area contributed by atoms with Crippen LogP contribution in [-0.4, -0.2) is 36.7 Å². The molecule has 0 heterocycles. The normalized spacial score (nSPS) is 14.5. The molecular formula is C16H17NO5. The minimum absolute atomic E-state index is 0.0911. The topological polar surface area (TPSA) is 85.2 Å². The van der Waals surface area contributed by atoms with Gasteiger partial charge in [0.15, 0.2) is 11.6 Å². The van der Waals surface area contributed by atoms with Crippen molar-refractivity contribution in [2.24, 2.45) is 5.16 Å². The van der Waals surface area contributed by atoms with E-state index in [0.29, 0.717) is 18.6 Å². The van der Waals surface area contributed by atoms with Gasteiger partial charge in [-0.2, -0.15) is 0 Å². The quantitative estimate of drug-likeness (QED) is 0.513. The van der Waals surface area contributed by atoms with E-state index in [1.54, 1.807) is 12.1 Å². The lowest BCUT2D eigenvalue weighted by Gasteiger charge is -2.20. The molecule has 0 spiro atoms. The predicted octanol–water partition coefficient (Wildman–Crippen LogP) is 2.64. The van der Waals surface area contributed by atoms with Crippen molar-refractivity contribution in [2.75, 3.05) is 14.2 Å². The summed E-state index contributed by atoms with van der Waals surface area (Å²) in [7, 11) is 2.85. The maximum absolute atomic E-state index is 12.7. The second kappa shape index (κ2) is 6.43. The Balaban J connectivity index is 2.66. The van der Waals surface area contributed by atoms with Gasteiger partial charge in [0.05, 0.1) is 36.6 Å². The Morgan fingerprint density at radius 1 is 1.14 bits per heavy atom. The second-order valence-electron chi connectivity index (χ2n) is 4.77. The van der Waals surface area contributed by atoms with Gasteiger partial charge in [0.1, 0.15) is 11.5 Å². The molecule has 0 radical (unpaired) electrons. The van der Waals surface area contributed by atoms with E-state index in [1.165, 1.54) is 20.3 Å². The Kier molecular flexibility index (Phi) is 4.60. The summed E-state index contributed by atoms with van der Waals surface area (Å²) >= 11 is 0. The molecule has 6 nitrogen and oxygen atoms in total. The number of methoxy groups -OCH3 is 2. The monoisotopic (exact) mass is 303 g/mol. The summed E-state index contributed by atoms with van der Waals surface area (Å²) in [5.74, 6) is -0.194. The predicted molar refractivity (Wildman–Crippen MR) is 80.4 cm³/mol. The van der Waals surface area contributed by atoms with Crippen molar-refractivity contribution in [1.82, 2.24) is 0 Å². The van der Waals surface area contributed by atoms with E-state index in [2.05, 4.69) is 5.16 Å². The Hall–Kier alpha value is -2.63. The third kappa shape index (κ3) is 2.47. The van der Waals surface area contributed by atoms with Crippen molar-refractivity contribution in [3.63, 3.8) is 0 Å². The lowest BCUT2D eigenvalue weighted by Crippen LogP contribution is -2.23. The third-order valence-electron chi connectivity index (χ3n) is 3.48. The number of carbonyl (C=O) groups excluding carboxylic acids is 2. The molecule has 1 aliphatic carbocycles. The van der Waals surface area contributed by atoms with E-state index in [-0.39, 0.29) is 33.9 Å². The molecule has 2 rings (SSSR count). The number of benzene rings is 1. The van der Waals surface area contributed by atoms with Gasteiger partial charge in [-0.1, -0.05) is 18.5 Å². The van der Waals surface area contributed by atoms with Gasteiger partial charge >= 0.3 is 0 Å².